The van der Waals surface area contributed by atoms with Gasteiger partial charge in [-0.3, -0.25) is 0 Å². The van der Waals surface area contributed by atoms with Gasteiger partial charge in [0.2, 0.25) is 5.95 Å². The molecule has 0 unspecified atom stereocenters. The van der Waals surface area contributed by atoms with E-state index in [-0.39, 0.29) is 41.2 Å². The minimum Gasteiger partial charge on any atom is -0.395 e. The van der Waals surface area contributed by atoms with Crippen LogP contribution in [-0.4, -0.2) is 73.8 Å². The lowest BCUT2D eigenvalue weighted by Gasteiger charge is -2.37. The van der Waals surface area contributed by atoms with Crippen molar-refractivity contribution in [3.05, 3.63) is 54.1 Å². The Bertz CT molecular complexity index is 1470. The third-order valence-electron chi connectivity index (χ3n) is 7.37. The molecule has 0 radical (unpaired) electrons. The molecule has 5 rings (SSSR count). The number of aliphatic hydroxyl groups excluding tert-OH is 1. The molecule has 9 nitrogen and oxygen atoms in total. The molecule has 4 heterocycles. The molecule has 0 atom stereocenters. The zero-order valence-electron chi connectivity index (χ0n) is 22.8. The molecular weight excluding hydrogens is 521 g/mol. The number of halogens is 3. The van der Waals surface area contributed by atoms with Crippen LogP contribution < -0.4 is 10.2 Å². The van der Waals surface area contributed by atoms with Crippen LogP contribution in [0.1, 0.15) is 38.6 Å². The number of nitrogens with zero attached hydrogens (tertiary/aromatic N) is 7. The number of hydrogen-bond donors (Lipinski definition) is 2. The molecule has 212 valence electrons. The Labute approximate surface area is 230 Å². The number of alkyl halides is 1. The lowest BCUT2D eigenvalue weighted by Crippen LogP contribution is -2.44. The molecule has 0 bridgehead atoms. The van der Waals surface area contributed by atoms with Gasteiger partial charge in [0, 0.05) is 37.3 Å². The van der Waals surface area contributed by atoms with Crippen molar-refractivity contribution in [1.29, 1.82) is 0 Å². The first-order valence-corrected chi connectivity index (χ1v) is 13.4. The average Bonchev–Trinajstić information content (AvgIpc) is 3.34. The molecule has 1 aliphatic heterocycles. The number of benzene rings is 1. The highest BCUT2D eigenvalue weighted by molar-refractivity contribution is 5.83. The molecule has 4 aromatic rings. The number of imidazole rings is 1. The van der Waals surface area contributed by atoms with Crippen molar-refractivity contribution in [3.63, 3.8) is 0 Å². The maximum Gasteiger partial charge on any atom is 0.229 e. The second kappa shape index (κ2) is 11.8. The molecule has 0 spiro atoms. The minimum atomic E-state index is -0.844. The van der Waals surface area contributed by atoms with E-state index in [2.05, 4.69) is 35.1 Å². The van der Waals surface area contributed by atoms with E-state index in [1.54, 1.807) is 22.9 Å². The van der Waals surface area contributed by atoms with Gasteiger partial charge in [-0.05, 0) is 58.0 Å². The molecule has 1 aromatic carbocycles. The number of hydrogen-bond acceptors (Lipinski definition) is 8. The van der Waals surface area contributed by atoms with Gasteiger partial charge < -0.3 is 24.8 Å². The van der Waals surface area contributed by atoms with E-state index in [0.717, 1.165) is 43.9 Å². The molecule has 1 fully saturated rings. The zero-order valence-corrected chi connectivity index (χ0v) is 22.8. The van der Waals surface area contributed by atoms with Gasteiger partial charge >= 0.3 is 0 Å². The predicted molar refractivity (Wildman–Crippen MR) is 148 cm³/mol. The summed E-state index contributed by atoms with van der Waals surface area (Å²) in [5.74, 6) is -0.713. The maximum absolute atomic E-state index is 15.0. The van der Waals surface area contributed by atoms with Crippen LogP contribution in [0, 0.1) is 11.6 Å². The molecular formula is C28H33F3N8O. The first-order valence-electron chi connectivity index (χ1n) is 13.4. The van der Waals surface area contributed by atoms with Crippen LogP contribution in [0.3, 0.4) is 0 Å². The van der Waals surface area contributed by atoms with Crippen molar-refractivity contribution in [2.75, 3.05) is 43.5 Å². The summed E-state index contributed by atoms with van der Waals surface area (Å²) in [5.41, 5.74) is 1.49. The number of aliphatic hydroxyl groups is 1. The number of rotatable bonds is 9. The van der Waals surface area contributed by atoms with Crippen LogP contribution in [0.25, 0.3) is 22.3 Å². The fourth-order valence-corrected chi connectivity index (χ4v) is 5.30. The van der Waals surface area contributed by atoms with Crippen LogP contribution in [0.15, 0.2) is 36.7 Å². The number of piperidine rings is 1. The summed E-state index contributed by atoms with van der Waals surface area (Å²) in [7, 11) is 2.04. The molecule has 0 aliphatic carbocycles. The predicted octanol–water partition coefficient (Wildman–Crippen LogP) is 4.85. The summed E-state index contributed by atoms with van der Waals surface area (Å²) >= 11 is 0. The van der Waals surface area contributed by atoms with Crippen LogP contribution in [0.2, 0.25) is 0 Å². The van der Waals surface area contributed by atoms with Crippen molar-refractivity contribution in [3.8, 4) is 11.3 Å². The van der Waals surface area contributed by atoms with Crippen LogP contribution in [0.4, 0.5) is 30.6 Å². The fraction of sp³-hybridized carbons (Fsp3) is 0.429. The van der Waals surface area contributed by atoms with Gasteiger partial charge in [0.05, 0.1) is 30.2 Å². The molecule has 1 aliphatic rings. The van der Waals surface area contributed by atoms with Gasteiger partial charge in [-0.1, -0.05) is 0 Å². The summed E-state index contributed by atoms with van der Waals surface area (Å²) in [4.78, 5) is 21.4. The van der Waals surface area contributed by atoms with E-state index in [4.69, 9.17) is 0 Å². The highest BCUT2D eigenvalue weighted by Gasteiger charge is 2.23. The molecule has 12 heteroatoms. The van der Waals surface area contributed by atoms with Crippen LogP contribution >= 0.6 is 0 Å². The van der Waals surface area contributed by atoms with Crippen molar-refractivity contribution in [2.24, 2.45) is 0 Å². The highest BCUT2D eigenvalue weighted by atomic mass is 19.1. The number of pyridine rings is 1. The largest absolute Gasteiger partial charge is 0.395 e. The van der Waals surface area contributed by atoms with Crippen LogP contribution in [0.5, 0.6) is 0 Å². The molecule has 3 aromatic heterocycles. The maximum atomic E-state index is 15.0. The standard InChI is InChI=1S/C28H33F3N8O/c1-17(2)39-23-13-18(12-21(30)27(23)35-25(39)14-29)26-22(31)16-33-28(36-26)34-24-5-4-20(15-32-24)38-8-6-19(7-9-38)37(3)10-11-40/h4-5,12-13,15-17,19,40H,6-11,14H2,1-3H3,(H,32,33,34,36). The Kier molecular flexibility index (Phi) is 8.17. The molecule has 40 heavy (non-hydrogen) atoms. The highest BCUT2D eigenvalue weighted by Crippen LogP contribution is 2.31. The quantitative estimate of drug-likeness (QED) is 0.303. The van der Waals surface area contributed by atoms with Crippen molar-refractivity contribution in [1.82, 2.24) is 29.4 Å². The summed E-state index contributed by atoms with van der Waals surface area (Å²) in [5, 5.41) is 12.2. The second-order valence-corrected chi connectivity index (χ2v) is 10.3. The smallest absolute Gasteiger partial charge is 0.229 e. The third kappa shape index (κ3) is 5.59. The van der Waals surface area contributed by atoms with E-state index in [1.807, 2.05) is 27.0 Å². The number of anilines is 3. The molecule has 1 saturated heterocycles. The minimum absolute atomic E-state index is 0.0311. The van der Waals surface area contributed by atoms with Gasteiger partial charge in [-0.2, -0.15) is 0 Å². The van der Waals surface area contributed by atoms with Gasteiger partial charge in [0.15, 0.2) is 11.6 Å². The first kappa shape index (κ1) is 27.8. The van der Waals surface area contributed by atoms with E-state index in [9.17, 15) is 18.3 Å². The lowest BCUT2D eigenvalue weighted by molar-refractivity contribution is 0.162. The van der Waals surface area contributed by atoms with E-state index < -0.39 is 18.3 Å². The zero-order chi connectivity index (χ0) is 28.4. The van der Waals surface area contributed by atoms with Crippen molar-refractivity contribution in [2.45, 2.75) is 45.4 Å². The van der Waals surface area contributed by atoms with Crippen molar-refractivity contribution < 1.29 is 18.3 Å². The van der Waals surface area contributed by atoms with Gasteiger partial charge in [0.1, 0.15) is 29.5 Å². The summed E-state index contributed by atoms with van der Waals surface area (Å²) in [6.45, 7) is 5.46. The Morgan fingerprint density at radius 1 is 1.07 bits per heavy atom. The fourth-order valence-electron chi connectivity index (χ4n) is 5.30. The summed E-state index contributed by atoms with van der Waals surface area (Å²) in [6, 6.07) is 6.75. The summed E-state index contributed by atoms with van der Waals surface area (Å²) in [6.07, 6.45) is 4.79. The van der Waals surface area contributed by atoms with E-state index in [1.165, 1.54) is 0 Å². The number of fused-ring (bicyclic) bond motifs is 1. The van der Waals surface area contributed by atoms with Crippen LogP contribution in [-0.2, 0) is 6.67 Å². The third-order valence-corrected chi connectivity index (χ3v) is 7.37. The monoisotopic (exact) mass is 554 g/mol. The van der Waals surface area contributed by atoms with Crippen molar-refractivity contribution >= 4 is 28.5 Å². The molecule has 0 amide bonds. The van der Waals surface area contributed by atoms with E-state index in [0.29, 0.717) is 23.9 Å². The Hall–Kier alpha value is -3.77. The van der Waals surface area contributed by atoms with Gasteiger partial charge in [0.25, 0.3) is 0 Å². The SMILES string of the molecule is CC(C)n1c(CF)nc2c(F)cc(-c3nc(Nc4ccc(N5CCC(N(C)CCO)CC5)cn4)ncc3F)cc21. The normalized spacial score (nSPS) is 14.6. The first-order chi connectivity index (χ1) is 19.3. The summed E-state index contributed by atoms with van der Waals surface area (Å²) < 4.78 is 45.0. The van der Waals surface area contributed by atoms with Gasteiger partial charge in [-0.15, -0.1) is 0 Å². The molecule has 2 N–H and O–H groups in total. The Morgan fingerprint density at radius 3 is 2.50 bits per heavy atom. The molecule has 0 saturated carbocycles. The Balaban J connectivity index is 1.34. The number of likely N-dealkylation sites (N-methyl/N-ethyl adjacent to an activating group) is 1. The van der Waals surface area contributed by atoms with E-state index >= 15 is 0 Å². The second-order valence-electron chi connectivity index (χ2n) is 10.3. The Morgan fingerprint density at radius 2 is 1.85 bits per heavy atom. The average molecular weight is 555 g/mol. The topological polar surface area (TPSA) is 95.2 Å². The lowest BCUT2D eigenvalue weighted by atomic mass is 10.0. The number of nitrogens with one attached hydrogen (secondary N) is 1. The number of aromatic nitrogens is 5. The van der Waals surface area contributed by atoms with Gasteiger partial charge in [-0.25, -0.2) is 33.1 Å².